The van der Waals surface area contributed by atoms with Crippen molar-refractivity contribution in [3.8, 4) is 0 Å². The van der Waals surface area contributed by atoms with Crippen LogP contribution >= 0.6 is 0 Å². The average Bonchev–Trinajstić information content (AvgIpc) is 2.61. The minimum atomic E-state index is -0.715. The fraction of sp³-hybridized carbons (Fsp3) is 0.400. The van der Waals surface area contributed by atoms with Gasteiger partial charge in [-0.2, -0.15) is 0 Å². The number of benzene rings is 2. The molecule has 130 valence electrons. The smallest absolute Gasteiger partial charge is 0.0815 e. The van der Waals surface area contributed by atoms with Crippen molar-refractivity contribution in [3.63, 3.8) is 0 Å². The van der Waals surface area contributed by atoms with Crippen LogP contribution in [0.3, 0.4) is 0 Å². The molecule has 0 spiro atoms. The molecule has 4 nitrogen and oxygen atoms in total. The Morgan fingerprint density at radius 1 is 0.917 bits per heavy atom. The Kier molecular flexibility index (Phi) is 6.94. The normalized spacial score (nSPS) is 15.2. The molecule has 0 saturated carbocycles. The molecule has 3 atom stereocenters. The maximum Gasteiger partial charge on any atom is 0.0815 e. The molecular formula is C20H27NO3. The van der Waals surface area contributed by atoms with Crippen LogP contribution < -0.4 is 0 Å². The standard InChI is InChI=1S/C20H27NO3/c1-15(17-6-4-3-5-7-17)21(2)13-19(23)12-20(24)18-10-8-16(14-22)9-11-18/h3-11,15,19-20,22-24H,12-14H2,1-2H3. The van der Waals surface area contributed by atoms with Gasteiger partial charge in [-0.1, -0.05) is 54.6 Å². The van der Waals surface area contributed by atoms with Gasteiger partial charge in [0.1, 0.15) is 0 Å². The van der Waals surface area contributed by atoms with Crippen molar-refractivity contribution in [3.05, 3.63) is 71.3 Å². The molecule has 0 heterocycles. The number of hydrogen-bond donors (Lipinski definition) is 3. The van der Waals surface area contributed by atoms with Crippen LogP contribution in [0.15, 0.2) is 54.6 Å². The van der Waals surface area contributed by atoms with E-state index >= 15 is 0 Å². The molecule has 0 aliphatic heterocycles. The first-order valence-corrected chi connectivity index (χ1v) is 8.32. The van der Waals surface area contributed by atoms with Crippen LogP contribution in [0, 0.1) is 0 Å². The third-order valence-electron chi connectivity index (χ3n) is 4.48. The van der Waals surface area contributed by atoms with Gasteiger partial charge in [-0.15, -0.1) is 0 Å². The monoisotopic (exact) mass is 329 g/mol. The lowest BCUT2D eigenvalue weighted by Gasteiger charge is -2.28. The first-order valence-electron chi connectivity index (χ1n) is 8.32. The van der Waals surface area contributed by atoms with Gasteiger partial charge < -0.3 is 15.3 Å². The van der Waals surface area contributed by atoms with Crippen LogP contribution in [-0.4, -0.2) is 39.9 Å². The van der Waals surface area contributed by atoms with Crippen molar-refractivity contribution < 1.29 is 15.3 Å². The predicted molar refractivity (Wildman–Crippen MR) is 95.4 cm³/mol. The van der Waals surface area contributed by atoms with Crippen molar-refractivity contribution in [1.29, 1.82) is 0 Å². The minimum Gasteiger partial charge on any atom is -0.392 e. The number of aliphatic hydroxyl groups is 3. The maximum atomic E-state index is 10.3. The van der Waals surface area contributed by atoms with Gasteiger partial charge in [0.25, 0.3) is 0 Å². The Morgan fingerprint density at radius 2 is 1.54 bits per heavy atom. The molecule has 2 rings (SSSR count). The maximum absolute atomic E-state index is 10.3. The van der Waals surface area contributed by atoms with E-state index in [-0.39, 0.29) is 19.1 Å². The largest absolute Gasteiger partial charge is 0.392 e. The molecule has 0 fully saturated rings. The summed E-state index contributed by atoms with van der Waals surface area (Å²) in [5, 5.41) is 29.6. The third kappa shape index (κ3) is 5.14. The summed E-state index contributed by atoms with van der Waals surface area (Å²) < 4.78 is 0. The number of likely N-dealkylation sites (N-methyl/N-ethyl adjacent to an activating group) is 1. The molecule has 0 aliphatic carbocycles. The number of rotatable bonds is 8. The predicted octanol–water partition coefficient (Wildman–Crippen LogP) is 2.66. The van der Waals surface area contributed by atoms with Crippen molar-refractivity contribution in [1.82, 2.24) is 4.90 Å². The molecule has 4 heteroatoms. The third-order valence-corrected chi connectivity index (χ3v) is 4.48. The van der Waals surface area contributed by atoms with Crippen LogP contribution in [0.4, 0.5) is 0 Å². The minimum absolute atomic E-state index is 0.0127. The lowest BCUT2D eigenvalue weighted by atomic mass is 10.0. The average molecular weight is 329 g/mol. The fourth-order valence-electron chi connectivity index (χ4n) is 2.79. The van der Waals surface area contributed by atoms with E-state index in [2.05, 4.69) is 24.0 Å². The van der Waals surface area contributed by atoms with Crippen LogP contribution in [0.2, 0.25) is 0 Å². The summed E-state index contributed by atoms with van der Waals surface area (Å²) >= 11 is 0. The van der Waals surface area contributed by atoms with E-state index in [0.29, 0.717) is 6.54 Å². The molecule has 2 aromatic carbocycles. The topological polar surface area (TPSA) is 63.9 Å². The molecule has 0 amide bonds. The zero-order chi connectivity index (χ0) is 17.5. The Balaban J connectivity index is 1.88. The molecule has 2 aromatic rings. The highest BCUT2D eigenvalue weighted by molar-refractivity contribution is 5.23. The summed E-state index contributed by atoms with van der Waals surface area (Å²) in [5.41, 5.74) is 2.76. The van der Waals surface area contributed by atoms with Crippen molar-refractivity contribution in [2.45, 2.75) is 38.2 Å². The van der Waals surface area contributed by atoms with Crippen LogP contribution in [-0.2, 0) is 6.61 Å². The summed E-state index contributed by atoms with van der Waals surface area (Å²) in [6.45, 7) is 2.58. The van der Waals surface area contributed by atoms with Gasteiger partial charge in [0.2, 0.25) is 0 Å². The van der Waals surface area contributed by atoms with Crippen molar-refractivity contribution >= 4 is 0 Å². The molecule has 0 saturated heterocycles. The van der Waals surface area contributed by atoms with Crippen LogP contribution in [0.1, 0.15) is 42.2 Å². The van der Waals surface area contributed by atoms with Gasteiger partial charge in [0, 0.05) is 19.0 Å². The summed E-state index contributed by atoms with van der Waals surface area (Å²) in [5.74, 6) is 0. The molecule has 0 aliphatic rings. The lowest BCUT2D eigenvalue weighted by molar-refractivity contribution is 0.0514. The summed E-state index contributed by atoms with van der Waals surface area (Å²) in [7, 11) is 1.98. The van der Waals surface area contributed by atoms with Crippen molar-refractivity contribution in [2.75, 3.05) is 13.6 Å². The van der Waals surface area contributed by atoms with E-state index in [1.807, 2.05) is 25.2 Å². The van der Waals surface area contributed by atoms with E-state index in [0.717, 1.165) is 11.1 Å². The van der Waals surface area contributed by atoms with Crippen LogP contribution in [0.5, 0.6) is 0 Å². The van der Waals surface area contributed by atoms with E-state index in [9.17, 15) is 10.2 Å². The fourth-order valence-corrected chi connectivity index (χ4v) is 2.79. The highest BCUT2D eigenvalue weighted by Gasteiger charge is 2.18. The van der Waals surface area contributed by atoms with E-state index in [4.69, 9.17) is 5.11 Å². The summed E-state index contributed by atoms with van der Waals surface area (Å²) in [6.07, 6.45) is -1.05. The van der Waals surface area contributed by atoms with Gasteiger partial charge in [-0.3, -0.25) is 4.90 Å². The van der Waals surface area contributed by atoms with Crippen LogP contribution in [0.25, 0.3) is 0 Å². The molecule has 0 radical (unpaired) electrons. The second-order valence-electron chi connectivity index (χ2n) is 6.33. The quantitative estimate of drug-likeness (QED) is 0.697. The zero-order valence-corrected chi connectivity index (χ0v) is 14.3. The number of aliphatic hydroxyl groups excluding tert-OH is 3. The van der Waals surface area contributed by atoms with Gasteiger partial charge in [-0.05, 0) is 30.7 Å². The van der Waals surface area contributed by atoms with E-state index < -0.39 is 12.2 Å². The summed E-state index contributed by atoms with van der Waals surface area (Å²) in [4.78, 5) is 2.08. The van der Waals surface area contributed by atoms with Crippen molar-refractivity contribution in [2.24, 2.45) is 0 Å². The zero-order valence-electron chi connectivity index (χ0n) is 14.3. The van der Waals surface area contributed by atoms with Gasteiger partial charge in [-0.25, -0.2) is 0 Å². The number of nitrogens with zero attached hydrogens (tertiary/aromatic N) is 1. The Morgan fingerprint density at radius 3 is 2.12 bits per heavy atom. The van der Waals surface area contributed by atoms with E-state index in [1.54, 1.807) is 24.3 Å². The van der Waals surface area contributed by atoms with Gasteiger partial charge in [0.05, 0.1) is 18.8 Å². The highest BCUT2D eigenvalue weighted by Crippen LogP contribution is 2.22. The van der Waals surface area contributed by atoms with E-state index in [1.165, 1.54) is 5.56 Å². The van der Waals surface area contributed by atoms with Gasteiger partial charge in [0.15, 0.2) is 0 Å². The molecular weight excluding hydrogens is 302 g/mol. The second kappa shape index (κ2) is 8.94. The number of hydrogen-bond acceptors (Lipinski definition) is 4. The Labute approximate surface area is 144 Å². The summed E-state index contributed by atoms with van der Waals surface area (Å²) in [6, 6.07) is 17.5. The first-order chi connectivity index (χ1) is 11.5. The Hall–Kier alpha value is -1.72. The van der Waals surface area contributed by atoms with Gasteiger partial charge >= 0.3 is 0 Å². The second-order valence-corrected chi connectivity index (χ2v) is 6.33. The molecule has 3 N–H and O–H groups in total. The molecule has 0 aromatic heterocycles. The highest BCUT2D eigenvalue weighted by atomic mass is 16.3. The first kappa shape index (κ1) is 18.6. The molecule has 24 heavy (non-hydrogen) atoms. The molecule has 0 bridgehead atoms. The SMILES string of the molecule is CC(c1ccccc1)N(C)CC(O)CC(O)c1ccc(CO)cc1. The molecule has 3 unspecified atom stereocenters. The Bertz CT molecular complexity index is 600. The lowest BCUT2D eigenvalue weighted by Crippen LogP contribution is -2.32.